The lowest BCUT2D eigenvalue weighted by molar-refractivity contribution is 0.150. The summed E-state index contributed by atoms with van der Waals surface area (Å²) < 4.78 is 4.89. The SMILES string of the molecule is O=C1N=CC(c2ccccc2)O1. The summed E-state index contributed by atoms with van der Waals surface area (Å²) in [5, 5.41) is 0. The van der Waals surface area contributed by atoms with Crippen molar-refractivity contribution in [2.24, 2.45) is 4.99 Å². The van der Waals surface area contributed by atoms with Crippen LogP contribution in [-0.2, 0) is 4.74 Å². The van der Waals surface area contributed by atoms with Gasteiger partial charge < -0.3 is 4.74 Å². The third-order valence-corrected chi connectivity index (χ3v) is 1.67. The van der Waals surface area contributed by atoms with Gasteiger partial charge in [0, 0.05) is 0 Å². The molecule has 0 fully saturated rings. The second-order valence-corrected chi connectivity index (χ2v) is 2.49. The van der Waals surface area contributed by atoms with Crippen LogP contribution >= 0.6 is 0 Å². The van der Waals surface area contributed by atoms with Crippen molar-refractivity contribution in [3.05, 3.63) is 35.9 Å². The van der Waals surface area contributed by atoms with Crippen molar-refractivity contribution in [3.8, 4) is 0 Å². The highest BCUT2D eigenvalue weighted by Gasteiger charge is 2.19. The fourth-order valence-corrected chi connectivity index (χ4v) is 1.09. The van der Waals surface area contributed by atoms with Gasteiger partial charge in [-0.3, -0.25) is 0 Å². The van der Waals surface area contributed by atoms with Gasteiger partial charge in [-0.05, 0) is 5.56 Å². The van der Waals surface area contributed by atoms with Crippen LogP contribution in [0.25, 0.3) is 0 Å². The minimum absolute atomic E-state index is 0.293. The molecule has 0 radical (unpaired) electrons. The molecule has 1 heterocycles. The van der Waals surface area contributed by atoms with Gasteiger partial charge in [0.1, 0.15) is 0 Å². The van der Waals surface area contributed by atoms with Gasteiger partial charge in [-0.15, -0.1) is 0 Å². The van der Waals surface area contributed by atoms with Crippen LogP contribution in [0.1, 0.15) is 11.7 Å². The summed E-state index contributed by atoms with van der Waals surface area (Å²) in [6.07, 6.45) is 0.708. The summed E-state index contributed by atoms with van der Waals surface area (Å²) >= 11 is 0. The molecule has 12 heavy (non-hydrogen) atoms. The minimum Gasteiger partial charge on any atom is -0.434 e. The molecule has 2 rings (SSSR count). The Morgan fingerprint density at radius 2 is 2.00 bits per heavy atom. The van der Waals surface area contributed by atoms with Crippen LogP contribution in [0.2, 0.25) is 0 Å². The first kappa shape index (κ1) is 7.03. The van der Waals surface area contributed by atoms with E-state index in [4.69, 9.17) is 4.74 Å². The highest BCUT2D eigenvalue weighted by atomic mass is 16.6. The predicted molar refractivity (Wildman–Crippen MR) is 44.2 cm³/mol. The van der Waals surface area contributed by atoms with E-state index in [0.29, 0.717) is 0 Å². The molecule has 1 atom stereocenters. The van der Waals surface area contributed by atoms with E-state index < -0.39 is 6.09 Å². The fraction of sp³-hybridized carbons (Fsp3) is 0.111. The molecule has 0 bridgehead atoms. The van der Waals surface area contributed by atoms with Crippen LogP contribution in [0, 0.1) is 0 Å². The van der Waals surface area contributed by atoms with Crippen molar-refractivity contribution in [1.82, 2.24) is 0 Å². The maximum absolute atomic E-state index is 10.6. The van der Waals surface area contributed by atoms with E-state index in [1.54, 1.807) is 0 Å². The predicted octanol–water partition coefficient (Wildman–Crippen LogP) is 1.95. The van der Waals surface area contributed by atoms with Gasteiger partial charge in [0.15, 0.2) is 6.10 Å². The zero-order chi connectivity index (χ0) is 8.39. The Kier molecular flexibility index (Phi) is 1.63. The number of rotatable bonds is 1. The zero-order valence-electron chi connectivity index (χ0n) is 6.31. The molecular weight excluding hydrogens is 154 g/mol. The molecule has 0 spiro atoms. The number of carbonyl (C=O) groups is 1. The molecule has 1 aromatic rings. The average Bonchev–Trinajstić information content (AvgIpc) is 2.54. The third kappa shape index (κ3) is 1.21. The van der Waals surface area contributed by atoms with E-state index in [1.165, 1.54) is 6.21 Å². The molecular formula is C9H7NO2. The number of amides is 1. The molecule has 1 unspecified atom stereocenters. The highest BCUT2D eigenvalue weighted by Crippen LogP contribution is 2.19. The zero-order valence-corrected chi connectivity index (χ0v) is 6.31. The highest BCUT2D eigenvalue weighted by molar-refractivity contribution is 5.88. The summed E-state index contributed by atoms with van der Waals surface area (Å²) in [5.74, 6) is 0. The lowest BCUT2D eigenvalue weighted by Crippen LogP contribution is -2.00. The van der Waals surface area contributed by atoms with Gasteiger partial charge in [-0.25, -0.2) is 4.79 Å². The molecule has 0 saturated carbocycles. The summed E-state index contributed by atoms with van der Waals surface area (Å²) in [7, 11) is 0. The number of ether oxygens (including phenoxy) is 1. The van der Waals surface area contributed by atoms with Crippen molar-refractivity contribution in [3.63, 3.8) is 0 Å². The Labute approximate surface area is 69.7 Å². The van der Waals surface area contributed by atoms with E-state index in [9.17, 15) is 4.79 Å². The van der Waals surface area contributed by atoms with Crippen LogP contribution in [0.5, 0.6) is 0 Å². The van der Waals surface area contributed by atoms with Gasteiger partial charge in [0.25, 0.3) is 0 Å². The minimum atomic E-state index is -0.510. The van der Waals surface area contributed by atoms with Gasteiger partial charge in [-0.2, -0.15) is 4.99 Å². The Balaban J connectivity index is 2.23. The van der Waals surface area contributed by atoms with Crippen molar-refractivity contribution >= 4 is 12.3 Å². The number of nitrogens with zero attached hydrogens (tertiary/aromatic N) is 1. The number of carbonyl (C=O) groups excluding carboxylic acids is 1. The first-order chi connectivity index (χ1) is 5.86. The largest absolute Gasteiger partial charge is 0.434 e. The molecule has 1 amide bonds. The van der Waals surface area contributed by atoms with Crippen molar-refractivity contribution in [2.75, 3.05) is 0 Å². The quantitative estimate of drug-likeness (QED) is 0.631. The second-order valence-electron chi connectivity index (χ2n) is 2.49. The van der Waals surface area contributed by atoms with Gasteiger partial charge in [0.2, 0.25) is 0 Å². The second kappa shape index (κ2) is 2.77. The van der Waals surface area contributed by atoms with Crippen LogP contribution in [0.15, 0.2) is 35.3 Å². The maximum atomic E-state index is 10.6. The fourth-order valence-electron chi connectivity index (χ4n) is 1.09. The molecule has 1 aliphatic heterocycles. The smallest absolute Gasteiger partial charge is 0.434 e. The lowest BCUT2D eigenvalue weighted by atomic mass is 10.1. The number of hydrogen-bond donors (Lipinski definition) is 0. The van der Waals surface area contributed by atoms with E-state index >= 15 is 0 Å². The van der Waals surface area contributed by atoms with E-state index in [2.05, 4.69) is 4.99 Å². The first-order valence-corrected chi connectivity index (χ1v) is 3.66. The van der Waals surface area contributed by atoms with Crippen LogP contribution in [0.4, 0.5) is 4.79 Å². The third-order valence-electron chi connectivity index (χ3n) is 1.67. The van der Waals surface area contributed by atoms with E-state index in [1.807, 2.05) is 30.3 Å². The monoisotopic (exact) mass is 161 g/mol. The molecule has 0 aromatic heterocycles. The Hall–Kier alpha value is -1.64. The standard InChI is InChI=1S/C9H7NO2/c11-9-10-6-8(12-9)7-4-2-1-3-5-7/h1-6,8H. The Morgan fingerprint density at radius 3 is 2.58 bits per heavy atom. The number of hydrogen-bond acceptors (Lipinski definition) is 2. The topological polar surface area (TPSA) is 38.7 Å². The summed E-state index contributed by atoms with van der Waals surface area (Å²) in [6, 6.07) is 9.51. The maximum Gasteiger partial charge on any atom is 0.434 e. The molecule has 1 aliphatic rings. The molecule has 0 aliphatic carbocycles. The van der Waals surface area contributed by atoms with Gasteiger partial charge in [0.05, 0.1) is 6.21 Å². The van der Waals surface area contributed by atoms with Gasteiger partial charge >= 0.3 is 6.09 Å². The normalized spacial score (nSPS) is 21.0. The molecule has 3 heteroatoms. The van der Waals surface area contributed by atoms with Crippen molar-refractivity contribution in [2.45, 2.75) is 6.10 Å². The van der Waals surface area contributed by atoms with E-state index in [-0.39, 0.29) is 6.10 Å². The van der Waals surface area contributed by atoms with Gasteiger partial charge in [-0.1, -0.05) is 30.3 Å². The van der Waals surface area contributed by atoms with Crippen molar-refractivity contribution < 1.29 is 9.53 Å². The number of cyclic esters (lactones) is 1. The van der Waals surface area contributed by atoms with E-state index in [0.717, 1.165) is 5.56 Å². The number of benzene rings is 1. The van der Waals surface area contributed by atoms with Crippen molar-refractivity contribution in [1.29, 1.82) is 0 Å². The number of aliphatic imine (C=N–C) groups is 1. The van der Waals surface area contributed by atoms with Crippen LogP contribution < -0.4 is 0 Å². The summed E-state index contributed by atoms with van der Waals surface area (Å²) in [4.78, 5) is 14.1. The van der Waals surface area contributed by atoms with Crippen LogP contribution in [0.3, 0.4) is 0 Å². The first-order valence-electron chi connectivity index (χ1n) is 3.66. The molecule has 60 valence electrons. The molecule has 0 N–H and O–H groups in total. The summed E-state index contributed by atoms with van der Waals surface area (Å²) in [6.45, 7) is 0. The lowest BCUT2D eigenvalue weighted by Gasteiger charge is -2.05. The Morgan fingerprint density at radius 1 is 1.25 bits per heavy atom. The Bertz CT molecular complexity index is 319. The summed E-state index contributed by atoms with van der Waals surface area (Å²) in [5.41, 5.74) is 0.951. The van der Waals surface area contributed by atoms with Crippen LogP contribution in [-0.4, -0.2) is 12.3 Å². The molecule has 0 saturated heterocycles. The average molecular weight is 161 g/mol. The molecule has 1 aromatic carbocycles. The molecule has 3 nitrogen and oxygen atoms in total.